The number of aromatic nitrogens is 1. The van der Waals surface area contributed by atoms with E-state index in [1.165, 1.54) is 12.1 Å². The van der Waals surface area contributed by atoms with Crippen LogP contribution in [0.4, 0.5) is 4.39 Å². The number of hydrogen-bond donors (Lipinski definition) is 2. The summed E-state index contributed by atoms with van der Waals surface area (Å²) in [6.45, 7) is 8.15. The van der Waals surface area contributed by atoms with E-state index in [-0.39, 0.29) is 42.2 Å². The van der Waals surface area contributed by atoms with Gasteiger partial charge < -0.3 is 19.9 Å². The van der Waals surface area contributed by atoms with E-state index in [1.807, 2.05) is 6.92 Å². The summed E-state index contributed by atoms with van der Waals surface area (Å²) in [7, 11) is 0. The Morgan fingerprint density at radius 1 is 1.17 bits per heavy atom. The number of rotatable bonds is 5. The van der Waals surface area contributed by atoms with Crippen LogP contribution in [0.1, 0.15) is 42.4 Å². The van der Waals surface area contributed by atoms with Crippen LogP contribution < -0.4 is 10.7 Å². The highest BCUT2D eigenvalue weighted by Crippen LogP contribution is 2.32. The Morgan fingerprint density at radius 2 is 1.87 bits per heavy atom. The van der Waals surface area contributed by atoms with Crippen LogP contribution in [0.25, 0.3) is 0 Å². The van der Waals surface area contributed by atoms with Crippen molar-refractivity contribution in [3.05, 3.63) is 63.3 Å². The standard InChI is InChI=1S/C22H27FN4O3/c1-13(2)26-10-14(3)27-18(26)12-25-11-16(20(28)21(29)19(25)22(27)30)9-24-8-15-4-6-17(23)7-5-15/h4-7,11,13-14,18,24,29H,8-10,12H2,1-3H3/t14-,18-/m1/s1. The topological polar surface area (TPSA) is 77.8 Å². The third kappa shape index (κ3) is 3.50. The molecule has 0 spiro atoms. The lowest BCUT2D eigenvalue weighted by atomic mass is 10.1. The Bertz CT molecular complexity index is 1020. The van der Waals surface area contributed by atoms with Crippen molar-refractivity contribution >= 4 is 5.91 Å². The van der Waals surface area contributed by atoms with Gasteiger partial charge in [-0.15, -0.1) is 0 Å². The first-order valence-electron chi connectivity index (χ1n) is 10.3. The van der Waals surface area contributed by atoms with Crippen molar-refractivity contribution in [1.29, 1.82) is 0 Å². The van der Waals surface area contributed by atoms with Gasteiger partial charge in [0.05, 0.1) is 6.54 Å². The molecule has 1 amide bonds. The summed E-state index contributed by atoms with van der Waals surface area (Å²) in [5.41, 5.74) is 0.807. The lowest BCUT2D eigenvalue weighted by molar-refractivity contribution is 0.0405. The molecule has 2 atom stereocenters. The second-order valence-corrected chi connectivity index (χ2v) is 8.40. The van der Waals surface area contributed by atoms with E-state index in [1.54, 1.807) is 27.8 Å². The van der Waals surface area contributed by atoms with Crippen LogP contribution in [0, 0.1) is 5.82 Å². The predicted molar refractivity (Wildman–Crippen MR) is 111 cm³/mol. The summed E-state index contributed by atoms with van der Waals surface area (Å²) >= 11 is 0. The van der Waals surface area contributed by atoms with Gasteiger partial charge in [-0.3, -0.25) is 14.5 Å². The quantitative estimate of drug-likeness (QED) is 0.781. The Balaban J connectivity index is 1.58. The molecule has 2 aliphatic heterocycles. The lowest BCUT2D eigenvalue weighted by Gasteiger charge is -2.38. The van der Waals surface area contributed by atoms with E-state index in [9.17, 15) is 19.1 Å². The molecule has 1 fully saturated rings. The number of carbonyl (C=O) groups excluding carboxylic acids is 1. The van der Waals surface area contributed by atoms with Crippen LogP contribution in [0.5, 0.6) is 5.75 Å². The molecule has 0 bridgehead atoms. The van der Waals surface area contributed by atoms with Gasteiger partial charge in [0.15, 0.2) is 11.4 Å². The van der Waals surface area contributed by atoms with Gasteiger partial charge in [0.2, 0.25) is 5.43 Å². The first-order chi connectivity index (χ1) is 14.3. The molecule has 0 unspecified atom stereocenters. The fourth-order valence-electron chi connectivity index (χ4n) is 4.49. The highest BCUT2D eigenvalue weighted by atomic mass is 19.1. The molecule has 0 saturated carbocycles. The molecule has 30 heavy (non-hydrogen) atoms. The molecule has 7 nitrogen and oxygen atoms in total. The third-order valence-electron chi connectivity index (χ3n) is 6.00. The van der Waals surface area contributed by atoms with Gasteiger partial charge >= 0.3 is 0 Å². The number of hydrogen-bond acceptors (Lipinski definition) is 5. The molecule has 2 aliphatic rings. The number of carbonyl (C=O) groups is 1. The molecule has 3 heterocycles. The molecule has 160 valence electrons. The zero-order valence-corrected chi connectivity index (χ0v) is 17.4. The Hall–Kier alpha value is -2.71. The first kappa shape index (κ1) is 20.6. The van der Waals surface area contributed by atoms with Crippen molar-refractivity contribution in [2.24, 2.45) is 0 Å². The van der Waals surface area contributed by atoms with Crippen LogP contribution in [-0.2, 0) is 19.6 Å². The van der Waals surface area contributed by atoms with Gasteiger partial charge in [0.1, 0.15) is 12.0 Å². The molecule has 0 aliphatic carbocycles. The number of pyridine rings is 1. The largest absolute Gasteiger partial charge is 0.503 e. The molecule has 4 rings (SSSR count). The van der Waals surface area contributed by atoms with E-state index in [2.05, 4.69) is 24.1 Å². The molecule has 0 radical (unpaired) electrons. The van der Waals surface area contributed by atoms with Crippen LogP contribution in [0.3, 0.4) is 0 Å². The summed E-state index contributed by atoms with van der Waals surface area (Å²) in [6, 6.07) is 6.42. The van der Waals surface area contributed by atoms with Crippen molar-refractivity contribution in [3.63, 3.8) is 0 Å². The first-order valence-corrected chi connectivity index (χ1v) is 10.3. The second kappa shape index (κ2) is 7.85. The van der Waals surface area contributed by atoms with Gasteiger partial charge in [-0.25, -0.2) is 4.39 Å². The molecule has 1 aromatic carbocycles. The van der Waals surface area contributed by atoms with E-state index in [4.69, 9.17) is 0 Å². The normalized spacial score (nSPS) is 21.2. The summed E-state index contributed by atoms with van der Waals surface area (Å²) in [5.74, 6) is -1.09. The third-order valence-corrected chi connectivity index (χ3v) is 6.00. The fourth-order valence-corrected chi connectivity index (χ4v) is 4.49. The van der Waals surface area contributed by atoms with Gasteiger partial charge in [0, 0.05) is 43.5 Å². The van der Waals surface area contributed by atoms with Crippen LogP contribution >= 0.6 is 0 Å². The number of halogens is 1. The Morgan fingerprint density at radius 3 is 2.53 bits per heavy atom. The molecule has 2 aromatic rings. The smallest absolute Gasteiger partial charge is 0.276 e. The lowest BCUT2D eigenvalue weighted by Crippen LogP contribution is -2.53. The molecular weight excluding hydrogens is 387 g/mol. The zero-order valence-electron chi connectivity index (χ0n) is 17.4. The van der Waals surface area contributed by atoms with Crippen molar-refractivity contribution in [1.82, 2.24) is 19.7 Å². The molecule has 1 aromatic heterocycles. The van der Waals surface area contributed by atoms with E-state index < -0.39 is 11.2 Å². The highest BCUT2D eigenvalue weighted by Gasteiger charge is 2.46. The number of aromatic hydroxyl groups is 1. The number of amides is 1. The highest BCUT2D eigenvalue weighted by molar-refractivity contribution is 5.96. The summed E-state index contributed by atoms with van der Waals surface area (Å²) in [5, 5.41) is 13.7. The molecular formula is C22H27FN4O3. The maximum absolute atomic E-state index is 13.1. The van der Waals surface area contributed by atoms with Gasteiger partial charge in [0.25, 0.3) is 5.91 Å². The monoisotopic (exact) mass is 414 g/mol. The van der Waals surface area contributed by atoms with E-state index in [0.717, 1.165) is 12.1 Å². The van der Waals surface area contributed by atoms with Crippen LogP contribution in [0.2, 0.25) is 0 Å². The van der Waals surface area contributed by atoms with Crippen LogP contribution in [0.15, 0.2) is 35.3 Å². The number of nitrogens with one attached hydrogen (secondary N) is 1. The van der Waals surface area contributed by atoms with Gasteiger partial charge in [-0.1, -0.05) is 12.1 Å². The predicted octanol–water partition coefficient (Wildman–Crippen LogP) is 1.88. The molecule has 2 N–H and O–H groups in total. The molecule has 1 saturated heterocycles. The average molecular weight is 414 g/mol. The molecule has 8 heteroatoms. The average Bonchev–Trinajstić information content (AvgIpc) is 3.04. The Labute approximate surface area is 174 Å². The number of fused-ring (bicyclic) bond motifs is 2. The minimum atomic E-state index is -0.535. The summed E-state index contributed by atoms with van der Waals surface area (Å²) < 4.78 is 14.7. The van der Waals surface area contributed by atoms with Gasteiger partial charge in [-0.2, -0.15) is 0 Å². The van der Waals surface area contributed by atoms with Gasteiger partial charge in [-0.05, 0) is 38.5 Å². The van der Waals surface area contributed by atoms with Crippen molar-refractivity contribution in [2.45, 2.75) is 58.7 Å². The zero-order chi connectivity index (χ0) is 21.6. The maximum atomic E-state index is 13.1. The number of benzene rings is 1. The summed E-state index contributed by atoms with van der Waals surface area (Å²) in [6.07, 6.45) is 1.58. The minimum absolute atomic E-state index is 0.0187. The van der Waals surface area contributed by atoms with E-state index >= 15 is 0 Å². The van der Waals surface area contributed by atoms with Crippen molar-refractivity contribution < 1.29 is 14.3 Å². The maximum Gasteiger partial charge on any atom is 0.276 e. The van der Waals surface area contributed by atoms with Crippen molar-refractivity contribution in [2.75, 3.05) is 6.54 Å². The Kier molecular flexibility index (Phi) is 5.38. The second-order valence-electron chi connectivity index (χ2n) is 8.40. The minimum Gasteiger partial charge on any atom is -0.503 e. The van der Waals surface area contributed by atoms with Crippen molar-refractivity contribution in [3.8, 4) is 5.75 Å². The number of nitrogens with zero attached hydrogens (tertiary/aromatic N) is 3. The fraction of sp³-hybridized carbons (Fsp3) is 0.455. The van der Waals surface area contributed by atoms with E-state index in [0.29, 0.717) is 18.7 Å². The SMILES string of the molecule is CC(C)N1C[C@@H](C)N2C(=O)c3c(O)c(=O)c(CNCc4ccc(F)cc4)cn3C[C@H]12. The summed E-state index contributed by atoms with van der Waals surface area (Å²) in [4.78, 5) is 29.9. The van der Waals surface area contributed by atoms with Crippen LogP contribution in [-0.4, -0.2) is 50.2 Å².